The minimum atomic E-state index is -3.41. The van der Waals surface area contributed by atoms with Crippen molar-refractivity contribution in [3.8, 4) is 0 Å². The van der Waals surface area contributed by atoms with Crippen LogP contribution in [0, 0.1) is 13.8 Å². The maximum atomic E-state index is 12.7. The van der Waals surface area contributed by atoms with Crippen LogP contribution in [0.3, 0.4) is 0 Å². The van der Waals surface area contributed by atoms with E-state index < -0.39 is 10.0 Å². The minimum Gasteiger partial charge on any atom is -0.395 e. The zero-order valence-electron chi connectivity index (χ0n) is 12.0. The highest BCUT2D eigenvalue weighted by molar-refractivity contribution is 7.89. The van der Waals surface area contributed by atoms with E-state index in [1.54, 1.807) is 10.4 Å². The van der Waals surface area contributed by atoms with E-state index in [2.05, 4.69) is 4.90 Å². The first-order valence-electron chi connectivity index (χ1n) is 6.86. The lowest BCUT2D eigenvalue weighted by Crippen LogP contribution is -2.49. The second-order valence-corrected chi connectivity index (χ2v) is 7.14. The summed E-state index contributed by atoms with van der Waals surface area (Å²) >= 11 is 0. The number of benzene rings is 1. The number of rotatable bonds is 4. The zero-order valence-corrected chi connectivity index (χ0v) is 12.9. The Morgan fingerprint density at radius 2 is 1.80 bits per heavy atom. The topological polar surface area (TPSA) is 60.9 Å². The summed E-state index contributed by atoms with van der Waals surface area (Å²) in [5.41, 5.74) is 1.74. The van der Waals surface area contributed by atoms with Crippen LogP contribution in [0.2, 0.25) is 0 Å². The summed E-state index contributed by atoms with van der Waals surface area (Å²) in [6.45, 7) is 6.76. The van der Waals surface area contributed by atoms with Crippen molar-refractivity contribution in [2.45, 2.75) is 18.7 Å². The fourth-order valence-electron chi connectivity index (χ4n) is 2.46. The fourth-order valence-corrected chi connectivity index (χ4v) is 4.19. The van der Waals surface area contributed by atoms with Crippen molar-refractivity contribution in [3.05, 3.63) is 29.3 Å². The van der Waals surface area contributed by atoms with Gasteiger partial charge in [0.15, 0.2) is 0 Å². The van der Waals surface area contributed by atoms with Crippen LogP contribution in [0.5, 0.6) is 0 Å². The van der Waals surface area contributed by atoms with E-state index in [9.17, 15) is 8.42 Å². The van der Waals surface area contributed by atoms with Gasteiger partial charge < -0.3 is 5.11 Å². The molecule has 20 heavy (non-hydrogen) atoms. The van der Waals surface area contributed by atoms with Crippen molar-refractivity contribution in [2.24, 2.45) is 0 Å². The van der Waals surface area contributed by atoms with Gasteiger partial charge in [-0.2, -0.15) is 4.31 Å². The fraction of sp³-hybridized carbons (Fsp3) is 0.571. The number of aliphatic hydroxyl groups is 1. The summed E-state index contributed by atoms with van der Waals surface area (Å²) in [7, 11) is -3.41. The normalized spacial score (nSPS) is 18.4. The van der Waals surface area contributed by atoms with Crippen molar-refractivity contribution in [1.29, 1.82) is 0 Å². The third-order valence-corrected chi connectivity index (χ3v) is 5.75. The number of hydrogen-bond acceptors (Lipinski definition) is 4. The van der Waals surface area contributed by atoms with E-state index in [4.69, 9.17) is 5.11 Å². The minimum absolute atomic E-state index is 0.115. The van der Waals surface area contributed by atoms with E-state index in [1.807, 2.05) is 26.0 Å². The molecule has 0 bridgehead atoms. The molecule has 5 nitrogen and oxygen atoms in total. The molecule has 1 aliphatic heterocycles. The summed E-state index contributed by atoms with van der Waals surface area (Å²) in [4.78, 5) is 2.49. The molecule has 0 radical (unpaired) electrons. The summed E-state index contributed by atoms with van der Waals surface area (Å²) < 4.78 is 26.9. The predicted octanol–water partition coefficient (Wildman–Crippen LogP) is 0.602. The SMILES string of the molecule is Cc1ccc(C)c(S(=O)(=O)N2CCN(CCO)CC2)c1. The van der Waals surface area contributed by atoms with Crippen LogP contribution in [0.4, 0.5) is 0 Å². The van der Waals surface area contributed by atoms with Gasteiger partial charge >= 0.3 is 0 Å². The van der Waals surface area contributed by atoms with Crippen LogP contribution in [0.25, 0.3) is 0 Å². The summed E-state index contributed by atoms with van der Waals surface area (Å²) in [6, 6.07) is 5.52. The molecule has 1 saturated heterocycles. The van der Waals surface area contributed by atoms with Gasteiger partial charge in [-0.3, -0.25) is 4.90 Å². The first kappa shape index (κ1) is 15.4. The molecule has 6 heteroatoms. The molecule has 1 aliphatic rings. The van der Waals surface area contributed by atoms with Gasteiger partial charge in [0.1, 0.15) is 0 Å². The van der Waals surface area contributed by atoms with Crippen molar-refractivity contribution in [3.63, 3.8) is 0 Å². The van der Waals surface area contributed by atoms with Gasteiger partial charge in [-0.1, -0.05) is 12.1 Å². The molecule has 1 fully saturated rings. The number of aryl methyl sites for hydroxylation is 2. The lowest BCUT2D eigenvalue weighted by Gasteiger charge is -2.33. The molecule has 2 rings (SSSR count). The molecule has 1 N–H and O–H groups in total. The van der Waals surface area contributed by atoms with Crippen LogP contribution in [0.1, 0.15) is 11.1 Å². The van der Waals surface area contributed by atoms with Gasteiger partial charge in [0, 0.05) is 32.7 Å². The predicted molar refractivity (Wildman–Crippen MR) is 78.2 cm³/mol. The zero-order chi connectivity index (χ0) is 14.8. The molecule has 1 aromatic carbocycles. The highest BCUT2D eigenvalue weighted by Crippen LogP contribution is 2.22. The monoisotopic (exact) mass is 298 g/mol. The van der Waals surface area contributed by atoms with Crippen LogP contribution < -0.4 is 0 Å². The van der Waals surface area contributed by atoms with E-state index in [1.165, 1.54) is 0 Å². The van der Waals surface area contributed by atoms with Crippen molar-refractivity contribution >= 4 is 10.0 Å². The Morgan fingerprint density at radius 3 is 2.40 bits per heavy atom. The maximum Gasteiger partial charge on any atom is 0.243 e. The molecular formula is C14H22N2O3S. The molecule has 1 aromatic rings. The largest absolute Gasteiger partial charge is 0.395 e. The van der Waals surface area contributed by atoms with Gasteiger partial charge in [0.05, 0.1) is 11.5 Å². The Morgan fingerprint density at radius 1 is 1.15 bits per heavy atom. The third-order valence-electron chi connectivity index (χ3n) is 3.71. The summed E-state index contributed by atoms with van der Waals surface area (Å²) in [5.74, 6) is 0. The Bertz CT molecular complexity index is 564. The average Bonchev–Trinajstić information content (AvgIpc) is 2.42. The molecule has 0 amide bonds. The number of aliphatic hydroxyl groups excluding tert-OH is 1. The van der Waals surface area contributed by atoms with Gasteiger partial charge in [0.2, 0.25) is 10.0 Å². The Balaban J connectivity index is 2.18. The standard InChI is InChI=1S/C14H22N2O3S/c1-12-3-4-13(2)14(11-12)20(18,19)16-7-5-15(6-8-16)9-10-17/h3-4,11,17H,5-10H2,1-2H3. The Kier molecular flexibility index (Phi) is 4.80. The third kappa shape index (κ3) is 3.20. The molecule has 1 heterocycles. The van der Waals surface area contributed by atoms with E-state index in [-0.39, 0.29) is 6.61 Å². The first-order valence-corrected chi connectivity index (χ1v) is 8.30. The van der Waals surface area contributed by atoms with Gasteiger partial charge in [0.25, 0.3) is 0 Å². The molecule has 0 unspecified atom stereocenters. The molecular weight excluding hydrogens is 276 g/mol. The van der Waals surface area contributed by atoms with E-state index in [0.29, 0.717) is 37.6 Å². The molecule has 0 aromatic heterocycles. The Hall–Kier alpha value is -0.950. The van der Waals surface area contributed by atoms with Gasteiger partial charge in [-0.25, -0.2) is 8.42 Å². The van der Waals surface area contributed by atoms with Crippen LogP contribution >= 0.6 is 0 Å². The number of nitrogens with zero attached hydrogens (tertiary/aromatic N) is 2. The number of hydrogen-bond donors (Lipinski definition) is 1. The smallest absolute Gasteiger partial charge is 0.243 e. The first-order chi connectivity index (χ1) is 9.45. The Labute approximate surface area is 120 Å². The van der Waals surface area contributed by atoms with Gasteiger partial charge in [-0.05, 0) is 31.0 Å². The summed E-state index contributed by atoms with van der Waals surface area (Å²) in [6.07, 6.45) is 0. The molecule has 0 saturated carbocycles. The summed E-state index contributed by atoms with van der Waals surface area (Å²) in [5, 5.41) is 8.92. The van der Waals surface area contributed by atoms with E-state index >= 15 is 0 Å². The van der Waals surface area contributed by atoms with Crippen LogP contribution in [-0.4, -0.2) is 62.1 Å². The molecule has 112 valence electrons. The van der Waals surface area contributed by atoms with Crippen LogP contribution in [-0.2, 0) is 10.0 Å². The van der Waals surface area contributed by atoms with Crippen molar-refractivity contribution in [2.75, 3.05) is 39.3 Å². The molecule has 0 spiro atoms. The van der Waals surface area contributed by atoms with Crippen LogP contribution in [0.15, 0.2) is 23.1 Å². The lowest BCUT2D eigenvalue weighted by molar-refractivity contribution is 0.151. The molecule has 0 aliphatic carbocycles. The second-order valence-electron chi connectivity index (χ2n) is 5.24. The number of sulfonamides is 1. The average molecular weight is 298 g/mol. The highest BCUT2D eigenvalue weighted by Gasteiger charge is 2.29. The van der Waals surface area contributed by atoms with Crippen molar-refractivity contribution < 1.29 is 13.5 Å². The molecule has 0 atom stereocenters. The number of piperazine rings is 1. The number of β-amino-alcohol motifs (C(OH)–C–C–N with tert-alkyl or cyclic N) is 1. The van der Waals surface area contributed by atoms with Gasteiger partial charge in [-0.15, -0.1) is 0 Å². The van der Waals surface area contributed by atoms with Crippen molar-refractivity contribution in [1.82, 2.24) is 9.21 Å². The lowest BCUT2D eigenvalue weighted by atomic mass is 10.2. The highest BCUT2D eigenvalue weighted by atomic mass is 32.2. The second kappa shape index (κ2) is 6.22. The van der Waals surface area contributed by atoms with E-state index in [0.717, 1.165) is 11.1 Å². The maximum absolute atomic E-state index is 12.7. The quantitative estimate of drug-likeness (QED) is 0.884.